The number of amides is 1. The van der Waals surface area contributed by atoms with Gasteiger partial charge < -0.3 is 5.32 Å². The molecule has 4 nitrogen and oxygen atoms in total. The van der Waals surface area contributed by atoms with Crippen molar-refractivity contribution in [1.29, 1.82) is 0 Å². The van der Waals surface area contributed by atoms with E-state index >= 15 is 0 Å². The molecule has 2 aliphatic carbocycles. The van der Waals surface area contributed by atoms with Crippen molar-refractivity contribution in [2.24, 2.45) is 17.8 Å². The molecule has 0 aliphatic heterocycles. The van der Waals surface area contributed by atoms with Crippen LogP contribution in [0.3, 0.4) is 0 Å². The van der Waals surface area contributed by atoms with E-state index in [-0.39, 0.29) is 11.9 Å². The van der Waals surface area contributed by atoms with E-state index in [4.69, 9.17) is 0 Å². The minimum Gasteiger partial charge on any atom is -0.353 e. The number of hydrogen-bond donors (Lipinski definition) is 1. The Balaban J connectivity index is 1.34. The molecule has 24 heavy (non-hydrogen) atoms. The SMILES string of the molecule is C[C@H](NC(=O)CSc1ncnc2ccccc12)[C@H]1C[C@@H]2CC[C@H]1C2. The fraction of sp³-hybridized carbons (Fsp3) is 0.526. The number of para-hydroxylation sites is 1. The van der Waals surface area contributed by atoms with E-state index in [0.717, 1.165) is 27.8 Å². The van der Waals surface area contributed by atoms with Crippen LogP contribution in [0.2, 0.25) is 0 Å². The molecular formula is C19H23N3OS. The number of rotatable bonds is 5. The largest absolute Gasteiger partial charge is 0.353 e. The third-order valence-electron chi connectivity index (χ3n) is 5.67. The molecule has 1 aromatic heterocycles. The van der Waals surface area contributed by atoms with E-state index in [0.29, 0.717) is 11.7 Å². The van der Waals surface area contributed by atoms with E-state index in [1.165, 1.54) is 37.4 Å². The molecule has 126 valence electrons. The zero-order chi connectivity index (χ0) is 16.5. The second kappa shape index (κ2) is 6.71. The van der Waals surface area contributed by atoms with Crippen LogP contribution >= 0.6 is 11.8 Å². The summed E-state index contributed by atoms with van der Waals surface area (Å²) in [6.07, 6.45) is 7.01. The van der Waals surface area contributed by atoms with Gasteiger partial charge in [-0.25, -0.2) is 9.97 Å². The lowest BCUT2D eigenvalue weighted by Crippen LogP contribution is -2.40. The van der Waals surface area contributed by atoms with E-state index < -0.39 is 0 Å². The number of hydrogen-bond acceptors (Lipinski definition) is 4. The average Bonchev–Trinajstić information content (AvgIpc) is 3.23. The van der Waals surface area contributed by atoms with Crippen LogP contribution in [0.4, 0.5) is 0 Å². The Kier molecular flexibility index (Phi) is 4.44. The Hall–Kier alpha value is -1.62. The van der Waals surface area contributed by atoms with Gasteiger partial charge in [0.2, 0.25) is 5.91 Å². The lowest BCUT2D eigenvalue weighted by molar-refractivity contribution is -0.119. The van der Waals surface area contributed by atoms with Crippen LogP contribution in [0.1, 0.15) is 32.6 Å². The second-order valence-corrected chi connectivity index (χ2v) is 8.14. The molecule has 4 rings (SSSR count). The maximum atomic E-state index is 12.4. The molecule has 0 unspecified atom stereocenters. The van der Waals surface area contributed by atoms with Crippen molar-refractivity contribution in [1.82, 2.24) is 15.3 Å². The summed E-state index contributed by atoms with van der Waals surface area (Å²) in [5.74, 6) is 2.95. The molecule has 1 N–H and O–H groups in total. The Morgan fingerprint density at radius 2 is 2.17 bits per heavy atom. The molecule has 5 heteroatoms. The smallest absolute Gasteiger partial charge is 0.230 e. The second-order valence-electron chi connectivity index (χ2n) is 7.18. The maximum absolute atomic E-state index is 12.4. The highest BCUT2D eigenvalue weighted by Gasteiger charge is 2.42. The molecular weight excluding hydrogens is 318 g/mol. The summed E-state index contributed by atoms with van der Waals surface area (Å²) in [5, 5.41) is 5.11. The molecule has 1 heterocycles. The van der Waals surface area contributed by atoms with E-state index in [9.17, 15) is 4.79 Å². The quantitative estimate of drug-likeness (QED) is 0.666. The van der Waals surface area contributed by atoms with Crippen molar-refractivity contribution >= 4 is 28.6 Å². The Labute approximate surface area is 146 Å². The van der Waals surface area contributed by atoms with Crippen LogP contribution in [0, 0.1) is 17.8 Å². The summed E-state index contributed by atoms with van der Waals surface area (Å²) >= 11 is 1.49. The zero-order valence-electron chi connectivity index (χ0n) is 13.9. The molecule has 2 aromatic rings. The van der Waals surface area contributed by atoms with Gasteiger partial charge in [-0.1, -0.05) is 36.4 Å². The van der Waals surface area contributed by atoms with Gasteiger partial charge >= 0.3 is 0 Å². The van der Waals surface area contributed by atoms with Gasteiger partial charge in [0, 0.05) is 11.4 Å². The van der Waals surface area contributed by atoms with Crippen LogP contribution in [-0.2, 0) is 4.79 Å². The molecule has 0 spiro atoms. The van der Waals surface area contributed by atoms with Crippen LogP contribution in [-0.4, -0.2) is 27.7 Å². The van der Waals surface area contributed by atoms with Crippen molar-refractivity contribution in [2.45, 2.75) is 43.7 Å². The fourth-order valence-corrected chi connectivity index (χ4v) is 5.34. The zero-order valence-corrected chi connectivity index (χ0v) is 14.8. The molecule has 2 saturated carbocycles. The summed E-state index contributed by atoms with van der Waals surface area (Å²) in [7, 11) is 0. The first-order chi connectivity index (χ1) is 11.7. The molecule has 2 fully saturated rings. The van der Waals surface area contributed by atoms with Gasteiger partial charge in [0.05, 0.1) is 11.3 Å². The molecule has 2 bridgehead atoms. The van der Waals surface area contributed by atoms with Crippen LogP contribution in [0.5, 0.6) is 0 Å². The van der Waals surface area contributed by atoms with E-state index in [1.807, 2.05) is 24.3 Å². The van der Waals surface area contributed by atoms with Crippen molar-refractivity contribution < 1.29 is 4.79 Å². The predicted molar refractivity (Wildman–Crippen MR) is 96.8 cm³/mol. The third kappa shape index (κ3) is 3.14. The number of fused-ring (bicyclic) bond motifs is 3. The van der Waals surface area contributed by atoms with Crippen LogP contribution in [0.25, 0.3) is 10.9 Å². The monoisotopic (exact) mass is 341 g/mol. The standard InChI is InChI=1S/C19H23N3OS/c1-12(16-9-13-6-7-14(16)8-13)22-18(23)10-24-19-15-4-2-3-5-17(15)20-11-21-19/h2-5,11-14,16H,6-10H2,1H3,(H,22,23)/t12-,13+,14-,16+/m0/s1. The Morgan fingerprint density at radius 1 is 1.29 bits per heavy atom. The van der Waals surface area contributed by atoms with Gasteiger partial charge in [0.25, 0.3) is 0 Å². The van der Waals surface area contributed by atoms with Gasteiger partial charge in [-0.15, -0.1) is 0 Å². The fourth-order valence-electron chi connectivity index (χ4n) is 4.54. The summed E-state index contributed by atoms with van der Waals surface area (Å²) < 4.78 is 0. The topological polar surface area (TPSA) is 54.9 Å². The first-order valence-corrected chi connectivity index (χ1v) is 9.81. The Morgan fingerprint density at radius 3 is 2.96 bits per heavy atom. The van der Waals surface area contributed by atoms with Gasteiger partial charge in [0.15, 0.2) is 0 Å². The third-order valence-corrected chi connectivity index (χ3v) is 6.68. The van der Waals surface area contributed by atoms with Gasteiger partial charge in [-0.2, -0.15) is 0 Å². The van der Waals surface area contributed by atoms with Crippen molar-refractivity contribution in [3.05, 3.63) is 30.6 Å². The first-order valence-electron chi connectivity index (χ1n) is 8.82. The maximum Gasteiger partial charge on any atom is 0.230 e. The molecule has 1 amide bonds. The lowest BCUT2D eigenvalue weighted by Gasteiger charge is -2.28. The molecule has 2 aliphatic rings. The van der Waals surface area contributed by atoms with Crippen molar-refractivity contribution in [3.63, 3.8) is 0 Å². The average molecular weight is 341 g/mol. The Bertz CT molecular complexity index is 745. The van der Waals surface area contributed by atoms with Crippen molar-refractivity contribution in [2.75, 3.05) is 5.75 Å². The minimum absolute atomic E-state index is 0.109. The molecule has 4 atom stereocenters. The molecule has 1 aromatic carbocycles. The van der Waals surface area contributed by atoms with Crippen LogP contribution in [0.15, 0.2) is 35.6 Å². The lowest BCUT2D eigenvalue weighted by atomic mass is 9.84. The summed E-state index contributed by atoms with van der Waals surface area (Å²) in [4.78, 5) is 21.0. The summed E-state index contributed by atoms with van der Waals surface area (Å²) in [6, 6.07) is 8.21. The van der Waals surface area contributed by atoms with Gasteiger partial charge in [-0.3, -0.25) is 4.79 Å². The van der Waals surface area contributed by atoms with Gasteiger partial charge in [-0.05, 0) is 50.0 Å². The number of aromatic nitrogens is 2. The molecule has 0 radical (unpaired) electrons. The number of nitrogens with one attached hydrogen (secondary N) is 1. The molecule has 0 saturated heterocycles. The predicted octanol–water partition coefficient (Wildman–Crippen LogP) is 3.66. The van der Waals surface area contributed by atoms with E-state index in [2.05, 4.69) is 22.2 Å². The summed E-state index contributed by atoms with van der Waals surface area (Å²) in [6.45, 7) is 2.17. The highest BCUT2D eigenvalue weighted by Crippen LogP contribution is 2.49. The van der Waals surface area contributed by atoms with E-state index in [1.54, 1.807) is 6.33 Å². The first kappa shape index (κ1) is 15.9. The van der Waals surface area contributed by atoms with Crippen molar-refractivity contribution in [3.8, 4) is 0 Å². The minimum atomic E-state index is 0.109. The highest BCUT2D eigenvalue weighted by molar-refractivity contribution is 8.00. The normalized spacial score (nSPS) is 26.6. The summed E-state index contributed by atoms with van der Waals surface area (Å²) in [5.41, 5.74) is 0.922. The number of nitrogens with zero attached hydrogens (tertiary/aromatic N) is 2. The van der Waals surface area contributed by atoms with Crippen LogP contribution < -0.4 is 5.32 Å². The van der Waals surface area contributed by atoms with Gasteiger partial charge in [0.1, 0.15) is 11.4 Å². The number of carbonyl (C=O) groups is 1. The number of thioether (sulfide) groups is 1. The number of benzene rings is 1. The number of carbonyl (C=O) groups excluding carboxylic acids is 1. The highest BCUT2D eigenvalue weighted by atomic mass is 32.2.